The van der Waals surface area contributed by atoms with Gasteiger partial charge in [0.05, 0.1) is 0 Å². The van der Waals surface area contributed by atoms with Crippen molar-refractivity contribution in [1.82, 2.24) is 5.32 Å². The molecule has 2 nitrogen and oxygen atoms in total. The summed E-state index contributed by atoms with van der Waals surface area (Å²) in [4.78, 5) is 10.8. The number of nitrogens with one attached hydrogen (secondary N) is 1. The minimum atomic E-state index is -3.21. The van der Waals surface area contributed by atoms with Gasteiger partial charge >= 0.3 is 105 Å². The summed E-state index contributed by atoms with van der Waals surface area (Å²) >= 11 is -0.0400. The number of carbonyl (C=O) groups is 1. The van der Waals surface area contributed by atoms with Crippen LogP contribution in [0.5, 0.6) is 0 Å². The van der Waals surface area contributed by atoms with Crippen LogP contribution >= 0.6 is 0 Å². The molecule has 0 radical (unpaired) electrons. The Hall–Kier alpha value is -0.931. The van der Waals surface area contributed by atoms with Crippen LogP contribution in [0.25, 0.3) is 0 Å². The predicted molar refractivity (Wildman–Crippen MR) is 62.7 cm³/mol. The first-order valence-corrected chi connectivity index (χ1v) is 7.24. The minimum absolute atomic E-state index is 0.0400. The van der Waals surface area contributed by atoms with E-state index in [1.54, 1.807) is 6.92 Å². The monoisotopic (exact) mass is 305 g/mol. The maximum atomic E-state index is 13.6. The van der Waals surface area contributed by atoms with Crippen LogP contribution in [-0.4, -0.2) is 33.3 Å². The van der Waals surface area contributed by atoms with Crippen molar-refractivity contribution in [1.29, 1.82) is 0 Å². The van der Waals surface area contributed by atoms with Crippen molar-refractivity contribution < 1.29 is 13.6 Å². The zero-order valence-electron chi connectivity index (χ0n) is 9.32. The van der Waals surface area contributed by atoms with Crippen LogP contribution in [0, 0.1) is 5.92 Å². The molecular formula is C12H13F2NOSe. The predicted octanol–water partition coefficient (Wildman–Crippen LogP) is 1.21. The van der Waals surface area contributed by atoms with E-state index in [1.165, 1.54) is 0 Å². The summed E-state index contributed by atoms with van der Waals surface area (Å²) in [5, 5.41) is 2.25. The van der Waals surface area contributed by atoms with Crippen LogP contribution in [0.4, 0.5) is 8.78 Å². The zero-order chi connectivity index (χ0) is 12.5. The second-order valence-corrected chi connectivity index (χ2v) is 7.12. The molecule has 0 saturated carbocycles. The van der Waals surface area contributed by atoms with E-state index in [2.05, 4.69) is 5.32 Å². The Labute approximate surface area is 105 Å². The Bertz CT molecular complexity index is 410. The van der Waals surface area contributed by atoms with E-state index in [1.807, 2.05) is 30.3 Å². The van der Waals surface area contributed by atoms with Crippen molar-refractivity contribution in [3.8, 4) is 0 Å². The molecule has 1 fully saturated rings. The fourth-order valence-corrected chi connectivity index (χ4v) is 4.34. The number of hydrogen-bond donors (Lipinski definition) is 1. The molecule has 0 aromatic heterocycles. The molecule has 1 aliphatic rings. The molecule has 2 unspecified atom stereocenters. The van der Waals surface area contributed by atoms with E-state index >= 15 is 0 Å². The van der Waals surface area contributed by atoms with Gasteiger partial charge in [0.15, 0.2) is 0 Å². The van der Waals surface area contributed by atoms with Gasteiger partial charge in [-0.05, 0) is 0 Å². The fourth-order valence-electron chi connectivity index (χ4n) is 1.87. The van der Waals surface area contributed by atoms with E-state index in [0.29, 0.717) is 0 Å². The second-order valence-electron chi connectivity index (χ2n) is 4.08. The third-order valence-electron chi connectivity index (χ3n) is 2.88. The molecule has 1 amide bonds. The van der Waals surface area contributed by atoms with Gasteiger partial charge in [0, 0.05) is 0 Å². The molecule has 0 spiro atoms. The summed E-state index contributed by atoms with van der Waals surface area (Å²) in [6.45, 7) is 1.88. The normalized spacial score (nSPS) is 24.4. The standard InChI is InChI=1S/C12H13F2NOSe/c1-8(17-9-5-3-2-4-6-9)10-7-15-11(16)12(10,13)14/h2-6,8,10H,7H2,1H3,(H,15,16). The molecule has 92 valence electrons. The SMILES string of the molecule is CC([Se]c1ccccc1)C1CNC(=O)C1(F)F. The van der Waals surface area contributed by atoms with Gasteiger partial charge in [0.1, 0.15) is 0 Å². The Morgan fingerprint density at radius 3 is 2.59 bits per heavy atom. The van der Waals surface area contributed by atoms with Crippen LogP contribution in [0.2, 0.25) is 4.82 Å². The summed E-state index contributed by atoms with van der Waals surface area (Å²) in [5.74, 6) is -5.22. The summed E-state index contributed by atoms with van der Waals surface area (Å²) in [6, 6.07) is 9.59. The van der Waals surface area contributed by atoms with Crippen molar-refractivity contribution in [2.45, 2.75) is 17.7 Å². The van der Waals surface area contributed by atoms with E-state index in [-0.39, 0.29) is 26.3 Å². The molecule has 0 bridgehead atoms. The average Bonchev–Trinajstić information content (AvgIpc) is 2.55. The van der Waals surface area contributed by atoms with Gasteiger partial charge in [-0.2, -0.15) is 0 Å². The van der Waals surface area contributed by atoms with Crippen molar-refractivity contribution in [2.75, 3.05) is 6.54 Å². The molecule has 1 aromatic rings. The molecule has 1 aliphatic heterocycles. The zero-order valence-corrected chi connectivity index (χ0v) is 11.0. The maximum absolute atomic E-state index is 13.6. The number of benzene rings is 1. The molecular weight excluding hydrogens is 291 g/mol. The molecule has 2 atom stereocenters. The Morgan fingerprint density at radius 2 is 2.06 bits per heavy atom. The second kappa shape index (κ2) is 4.75. The molecule has 0 aliphatic carbocycles. The number of carbonyl (C=O) groups excluding carboxylic acids is 1. The first-order chi connectivity index (χ1) is 8.01. The number of halogens is 2. The molecule has 1 aromatic carbocycles. The van der Waals surface area contributed by atoms with Crippen molar-refractivity contribution in [3.05, 3.63) is 30.3 Å². The van der Waals surface area contributed by atoms with Gasteiger partial charge in [-0.3, -0.25) is 0 Å². The number of amides is 1. The fraction of sp³-hybridized carbons (Fsp3) is 0.417. The molecule has 17 heavy (non-hydrogen) atoms. The summed E-state index contributed by atoms with van der Waals surface area (Å²) in [6.07, 6.45) is 0. The molecule has 1 heterocycles. The van der Waals surface area contributed by atoms with Gasteiger partial charge in [-0.25, -0.2) is 0 Å². The first kappa shape index (κ1) is 12.5. The third kappa shape index (κ3) is 2.50. The van der Waals surface area contributed by atoms with E-state index in [0.717, 1.165) is 4.46 Å². The Kier molecular flexibility index (Phi) is 3.50. The number of rotatable bonds is 3. The molecule has 1 saturated heterocycles. The topological polar surface area (TPSA) is 29.1 Å². The number of alkyl halides is 2. The van der Waals surface area contributed by atoms with Crippen molar-refractivity contribution in [2.24, 2.45) is 5.92 Å². The van der Waals surface area contributed by atoms with Crippen LogP contribution in [-0.2, 0) is 4.79 Å². The molecule has 5 heteroatoms. The Balaban J connectivity index is 2.06. The first-order valence-electron chi connectivity index (χ1n) is 5.39. The van der Waals surface area contributed by atoms with E-state index in [4.69, 9.17) is 0 Å². The van der Waals surface area contributed by atoms with E-state index in [9.17, 15) is 13.6 Å². The summed E-state index contributed by atoms with van der Waals surface area (Å²) in [7, 11) is 0. The molecule has 1 N–H and O–H groups in total. The summed E-state index contributed by atoms with van der Waals surface area (Å²) < 4.78 is 28.2. The average molecular weight is 304 g/mol. The van der Waals surface area contributed by atoms with Gasteiger partial charge < -0.3 is 0 Å². The van der Waals surface area contributed by atoms with Gasteiger partial charge in [0.25, 0.3) is 0 Å². The van der Waals surface area contributed by atoms with Crippen LogP contribution in [0.15, 0.2) is 30.3 Å². The quantitative estimate of drug-likeness (QED) is 0.836. The summed E-state index contributed by atoms with van der Waals surface area (Å²) in [5.41, 5.74) is 0. The van der Waals surface area contributed by atoms with Gasteiger partial charge in [-0.15, -0.1) is 0 Å². The van der Waals surface area contributed by atoms with E-state index < -0.39 is 17.7 Å². The third-order valence-corrected chi connectivity index (χ3v) is 5.49. The number of hydrogen-bond acceptors (Lipinski definition) is 1. The van der Waals surface area contributed by atoms with Crippen LogP contribution < -0.4 is 9.78 Å². The van der Waals surface area contributed by atoms with Gasteiger partial charge in [0.2, 0.25) is 0 Å². The van der Waals surface area contributed by atoms with Crippen LogP contribution in [0.3, 0.4) is 0 Å². The molecule has 2 rings (SSSR count). The van der Waals surface area contributed by atoms with Crippen molar-refractivity contribution in [3.63, 3.8) is 0 Å². The van der Waals surface area contributed by atoms with Crippen LogP contribution in [0.1, 0.15) is 6.92 Å². The van der Waals surface area contributed by atoms with Crippen molar-refractivity contribution >= 4 is 25.3 Å². The Morgan fingerprint density at radius 1 is 1.41 bits per heavy atom. The van der Waals surface area contributed by atoms with Gasteiger partial charge in [-0.1, -0.05) is 0 Å².